The van der Waals surface area contributed by atoms with Gasteiger partial charge in [0, 0.05) is 0 Å². The Balaban J connectivity index is 1.78. The van der Waals surface area contributed by atoms with Crippen molar-refractivity contribution in [1.29, 1.82) is 0 Å². The Hall–Kier alpha value is -2.21. The topological polar surface area (TPSA) is 75.7 Å². The van der Waals surface area contributed by atoms with Gasteiger partial charge in [0.25, 0.3) is 11.8 Å². The Bertz CT molecular complexity index is 529. The van der Waals surface area contributed by atoms with Crippen LogP contribution in [0, 0.1) is 0 Å². The van der Waals surface area contributed by atoms with Crippen LogP contribution in [0.1, 0.15) is 33.6 Å². The third kappa shape index (κ3) is 1.90. The van der Waals surface area contributed by atoms with Gasteiger partial charge in [0.15, 0.2) is 0 Å². The summed E-state index contributed by atoms with van der Waals surface area (Å²) >= 11 is 0. The molecule has 0 spiro atoms. The van der Waals surface area contributed by atoms with E-state index in [0.717, 1.165) is 13.0 Å². The number of fused-ring (bicyclic) bond motifs is 1. The fourth-order valence-corrected chi connectivity index (χ4v) is 2.29. The summed E-state index contributed by atoms with van der Waals surface area (Å²) in [5, 5.41) is 3.51. The number of nitrogens with one attached hydrogen (secondary N) is 1. The third-order valence-corrected chi connectivity index (χ3v) is 3.28. The van der Waals surface area contributed by atoms with E-state index in [9.17, 15) is 14.4 Å². The second-order valence-electron chi connectivity index (χ2n) is 4.51. The van der Waals surface area contributed by atoms with Gasteiger partial charge in [-0.25, -0.2) is 4.79 Å². The van der Waals surface area contributed by atoms with Crippen molar-refractivity contribution in [3.63, 3.8) is 0 Å². The molecule has 6 nitrogen and oxygen atoms in total. The number of rotatable bonds is 2. The van der Waals surface area contributed by atoms with E-state index in [1.54, 1.807) is 12.1 Å². The molecule has 0 saturated carbocycles. The Morgan fingerprint density at radius 3 is 2.37 bits per heavy atom. The number of hydrogen-bond acceptors (Lipinski definition) is 5. The summed E-state index contributed by atoms with van der Waals surface area (Å²) < 4.78 is 0. The van der Waals surface area contributed by atoms with E-state index in [-0.39, 0.29) is 11.1 Å². The first-order valence-electron chi connectivity index (χ1n) is 6.11. The van der Waals surface area contributed by atoms with Gasteiger partial charge in [0.1, 0.15) is 6.04 Å². The lowest BCUT2D eigenvalue weighted by Gasteiger charge is -2.15. The van der Waals surface area contributed by atoms with Crippen LogP contribution in [0.15, 0.2) is 24.3 Å². The van der Waals surface area contributed by atoms with Crippen molar-refractivity contribution < 1.29 is 19.2 Å². The van der Waals surface area contributed by atoms with E-state index >= 15 is 0 Å². The molecule has 6 heteroatoms. The summed E-state index contributed by atoms with van der Waals surface area (Å²) in [4.78, 5) is 40.7. The Morgan fingerprint density at radius 2 is 1.84 bits per heavy atom. The maximum atomic E-state index is 12.0. The molecule has 1 fully saturated rings. The number of hydrogen-bond donors (Lipinski definition) is 1. The van der Waals surface area contributed by atoms with Gasteiger partial charge in [-0.1, -0.05) is 17.2 Å². The summed E-state index contributed by atoms with van der Waals surface area (Å²) in [5.74, 6) is -1.77. The third-order valence-electron chi connectivity index (χ3n) is 3.28. The highest BCUT2D eigenvalue weighted by Gasteiger charge is 2.39. The highest BCUT2D eigenvalue weighted by atomic mass is 16.7. The number of hydroxylamine groups is 2. The lowest BCUT2D eigenvalue weighted by atomic mass is 10.1. The zero-order valence-corrected chi connectivity index (χ0v) is 10.1. The normalized spacial score (nSPS) is 21.7. The second kappa shape index (κ2) is 4.47. The van der Waals surface area contributed by atoms with Crippen LogP contribution < -0.4 is 5.32 Å². The minimum atomic E-state index is -0.591. The van der Waals surface area contributed by atoms with Crippen LogP contribution in [-0.4, -0.2) is 35.4 Å². The summed E-state index contributed by atoms with van der Waals surface area (Å²) in [6, 6.07) is 5.96. The van der Waals surface area contributed by atoms with Gasteiger partial charge < -0.3 is 10.2 Å². The van der Waals surface area contributed by atoms with Crippen LogP contribution in [-0.2, 0) is 9.63 Å². The minimum Gasteiger partial charge on any atom is -0.328 e. The smallest absolute Gasteiger partial charge is 0.328 e. The van der Waals surface area contributed by atoms with Crippen LogP contribution in [0.4, 0.5) is 0 Å². The van der Waals surface area contributed by atoms with Gasteiger partial charge in [0.2, 0.25) is 0 Å². The molecule has 1 N–H and O–H groups in total. The zero-order valence-electron chi connectivity index (χ0n) is 10.1. The molecule has 1 aromatic carbocycles. The summed E-state index contributed by atoms with van der Waals surface area (Å²) in [6.45, 7) is 0.738. The molecule has 2 aliphatic heterocycles. The van der Waals surface area contributed by atoms with E-state index in [2.05, 4.69) is 5.32 Å². The molecule has 2 aliphatic rings. The van der Waals surface area contributed by atoms with Gasteiger partial charge in [-0.15, -0.1) is 0 Å². The van der Waals surface area contributed by atoms with E-state index in [1.165, 1.54) is 12.1 Å². The SMILES string of the molecule is O=C(ON1C(=O)c2ccccc2C1=O)C1CCCN1. The Morgan fingerprint density at radius 1 is 1.21 bits per heavy atom. The second-order valence-corrected chi connectivity index (χ2v) is 4.51. The fourth-order valence-electron chi connectivity index (χ4n) is 2.29. The van der Waals surface area contributed by atoms with Gasteiger partial charge >= 0.3 is 5.97 Å². The van der Waals surface area contributed by atoms with Gasteiger partial charge in [-0.05, 0) is 31.5 Å². The average Bonchev–Trinajstić information content (AvgIpc) is 3.03. The molecule has 1 saturated heterocycles. The van der Waals surface area contributed by atoms with Crippen LogP contribution >= 0.6 is 0 Å². The van der Waals surface area contributed by atoms with Crippen molar-refractivity contribution in [2.24, 2.45) is 0 Å². The molecule has 0 radical (unpaired) electrons. The first-order valence-corrected chi connectivity index (χ1v) is 6.11. The summed E-state index contributed by atoms with van der Waals surface area (Å²) in [5.41, 5.74) is 0.527. The molecule has 2 heterocycles. The predicted octanol–water partition coefficient (Wildman–Crippen LogP) is 0.493. The van der Waals surface area contributed by atoms with Crippen molar-refractivity contribution in [1.82, 2.24) is 10.4 Å². The monoisotopic (exact) mass is 260 g/mol. The predicted molar refractivity (Wildman–Crippen MR) is 64.1 cm³/mol. The number of imide groups is 1. The first kappa shape index (κ1) is 11.9. The molecule has 0 aromatic heterocycles. The largest absolute Gasteiger partial charge is 0.349 e. The average molecular weight is 260 g/mol. The maximum absolute atomic E-state index is 12.0. The lowest BCUT2D eigenvalue weighted by molar-refractivity contribution is -0.170. The molecule has 3 rings (SSSR count). The van der Waals surface area contributed by atoms with Gasteiger partial charge in [-0.2, -0.15) is 0 Å². The molecule has 0 aliphatic carbocycles. The standard InChI is InChI=1S/C13H12N2O4/c16-11-8-4-1-2-5-9(8)12(17)15(11)19-13(18)10-6-3-7-14-10/h1-2,4-5,10,14H,3,6-7H2. The maximum Gasteiger partial charge on any atom is 0.349 e. The van der Waals surface area contributed by atoms with Crippen LogP contribution in [0.25, 0.3) is 0 Å². The van der Waals surface area contributed by atoms with E-state index < -0.39 is 23.8 Å². The Labute approximate surface area is 109 Å². The van der Waals surface area contributed by atoms with Gasteiger partial charge in [-0.3, -0.25) is 9.59 Å². The summed E-state index contributed by atoms with van der Waals surface area (Å²) in [6.07, 6.45) is 1.53. The fraction of sp³-hybridized carbons (Fsp3) is 0.308. The quantitative estimate of drug-likeness (QED) is 0.783. The van der Waals surface area contributed by atoms with Crippen LogP contribution in [0.5, 0.6) is 0 Å². The van der Waals surface area contributed by atoms with Crippen molar-refractivity contribution in [3.05, 3.63) is 35.4 Å². The minimum absolute atomic E-state index is 0.264. The number of amides is 2. The molecule has 98 valence electrons. The van der Waals surface area contributed by atoms with Crippen molar-refractivity contribution in [2.75, 3.05) is 6.54 Å². The highest BCUT2D eigenvalue weighted by Crippen LogP contribution is 2.23. The molecule has 0 bridgehead atoms. The molecule has 1 unspecified atom stereocenters. The molecule has 1 atom stereocenters. The summed E-state index contributed by atoms with van der Waals surface area (Å²) in [7, 11) is 0. The lowest BCUT2D eigenvalue weighted by Crippen LogP contribution is -2.40. The molecule has 19 heavy (non-hydrogen) atoms. The number of benzene rings is 1. The van der Waals surface area contributed by atoms with Crippen LogP contribution in [0.2, 0.25) is 0 Å². The zero-order chi connectivity index (χ0) is 13.4. The van der Waals surface area contributed by atoms with E-state index in [1.807, 2.05) is 0 Å². The van der Waals surface area contributed by atoms with E-state index in [4.69, 9.17) is 4.84 Å². The molecular weight excluding hydrogens is 248 g/mol. The number of carbonyl (C=O) groups excluding carboxylic acids is 3. The highest BCUT2D eigenvalue weighted by molar-refractivity contribution is 6.20. The van der Waals surface area contributed by atoms with E-state index in [0.29, 0.717) is 11.5 Å². The number of carbonyl (C=O) groups is 3. The molecular formula is C13H12N2O4. The number of nitrogens with zero attached hydrogens (tertiary/aromatic N) is 1. The first-order chi connectivity index (χ1) is 9.18. The molecule has 2 amide bonds. The van der Waals surface area contributed by atoms with Crippen molar-refractivity contribution in [2.45, 2.75) is 18.9 Å². The molecule has 1 aromatic rings. The van der Waals surface area contributed by atoms with Crippen molar-refractivity contribution >= 4 is 17.8 Å². The van der Waals surface area contributed by atoms with Crippen LogP contribution in [0.3, 0.4) is 0 Å². The van der Waals surface area contributed by atoms with Gasteiger partial charge in [0.05, 0.1) is 11.1 Å². The Kier molecular flexibility index (Phi) is 2.79. The van der Waals surface area contributed by atoms with Crippen molar-refractivity contribution in [3.8, 4) is 0 Å².